The summed E-state index contributed by atoms with van der Waals surface area (Å²) in [6.07, 6.45) is 4.86. The molecule has 5 fully saturated rings. The van der Waals surface area contributed by atoms with Gasteiger partial charge in [0.2, 0.25) is 17.6 Å². The van der Waals surface area contributed by atoms with E-state index in [1.807, 2.05) is 0 Å². The second-order valence-electron chi connectivity index (χ2n) is 17.3. The predicted molar refractivity (Wildman–Crippen MR) is 233 cm³/mol. The topological polar surface area (TPSA) is 102 Å². The molecular formula is C50H54FN5O5. The van der Waals surface area contributed by atoms with Crippen LogP contribution >= 0.6 is 0 Å². The Morgan fingerprint density at radius 1 is 0.852 bits per heavy atom. The number of carbonyl (C=O) groups is 4. The molecule has 0 aromatic heterocycles. The number of rotatable bonds is 14. The van der Waals surface area contributed by atoms with Crippen molar-refractivity contribution in [2.45, 2.75) is 76.2 Å². The van der Waals surface area contributed by atoms with Crippen LogP contribution < -0.4 is 15.0 Å². The Morgan fingerprint density at radius 2 is 1.52 bits per heavy atom. The summed E-state index contributed by atoms with van der Waals surface area (Å²) in [6, 6.07) is 31.6. The van der Waals surface area contributed by atoms with Gasteiger partial charge in [-0.2, -0.15) is 0 Å². The molecule has 0 aliphatic carbocycles. The Bertz CT molecular complexity index is 2280. The first kappa shape index (κ1) is 40.9. The van der Waals surface area contributed by atoms with E-state index in [4.69, 9.17) is 4.74 Å². The van der Waals surface area contributed by atoms with E-state index >= 15 is 4.39 Å². The highest BCUT2D eigenvalue weighted by atomic mass is 19.1. The number of Topliss-reactive ketones (excluding diaryl/α,β-unsaturated/α-hetero) is 1. The van der Waals surface area contributed by atoms with Crippen molar-refractivity contribution in [1.82, 2.24) is 20.0 Å². The minimum absolute atomic E-state index is 0.147. The first-order valence-corrected chi connectivity index (χ1v) is 22.0. The van der Waals surface area contributed by atoms with Crippen molar-refractivity contribution in [3.63, 3.8) is 0 Å². The Hall–Kier alpha value is -5.49. The van der Waals surface area contributed by atoms with Gasteiger partial charge in [-0.05, 0) is 114 Å². The molecule has 6 aliphatic rings. The smallest absolute Gasteiger partial charge is 0.243 e. The number of benzene rings is 4. The maximum absolute atomic E-state index is 15.9. The number of nitrogens with one attached hydrogen (secondary N) is 1. The van der Waals surface area contributed by atoms with Crippen molar-refractivity contribution in [2.24, 2.45) is 5.92 Å². The van der Waals surface area contributed by atoms with Crippen LogP contribution in [0.1, 0.15) is 79.3 Å². The van der Waals surface area contributed by atoms with Crippen LogP contribution in [0.2, 0.25) is 0 Å². The lowest BCUT2D eigenvalue weighted by atomic mass is 9.84. The van der Waals surface area contributed by atoms with Crippen LogP contribution in [0.25, 0.3) is 11.1 Å². The van der Waals surface area contributed by atoms with Crippen LogP contribution in [-0.2, 0) is 25.7 Å². The fraction of sp³-hybridized carbons (Fsp3) is 0.400. The fourth-order valence-corrected chi connectivity index (χ4v) is 10.6. The molecule has 6 aliphatic heterocycles. The zero-order chi connectivity index (χ0) is 42.0. The fourth-order valence-electron chi connectivity index (χ4n) is 10.6. The molecule has 316 valence electrons. The number of hydrogen-bond donors (Lipinski definition) is 1. The van der Waals surface area contributed by atoms with E-state index in [1.165, 1.54) is 33.9 Å². The number of likely N-dealkylation sites (tertiary alicyclic amines) is 1. The van der Waals surface area contributed by atoms with E-state index in [0.29, 0.717) is 29.3 Å². The molecule has 11 heteroatoms. The van der Waals surface area contributed by atoms with Crippen molar-refractivity contribution in [3.05, 3.63) is 131 Å². The van der Waals surface area contributed by atoms with Gasteiger partial charge in [0.15, 0.2) is 6.29 Å². The molecule has 6 heterocycles. The summed E-state index contributed by atoms with van der Waals surface area (Å²) in [7, 11) is 0. The molecule has 4 atom stereocenters. The van der Waals surface area contributed by atoms with Crippen LogP contribution in [0.3, 0.4) is 0 Å². The molecule has 10 rings (SSSR count). The van der Waals surface area contributed by atoms with Crippen molar-refractivity contribution >= 4 is 40.7 Å². The van der Waals surface area contributed by atoms with Gasteiger partial charge in [-0.3, -0.25) is 39.2 Å². The van der Waals surface area contributed by atoms with E-state index in [1.54, 1.807) is 11.0 Å². The van der Waals surface area contributed by atoms with Gasteiger partial charge < -0.3 is 9.64 Å². The molecule has 61 heavy (non-hydrogen) atoms. The minimum Gasteiger partial charge on any atom is -0.492 e. The second-order valence-corrected chi connectivity index (χ2v) is 17.3. The summed E-state index contributed by atoms with van der Waals surface area (Å²) in [5.74, 6) is -0.378. The highest BCUT2D eigenvalue weighted by Gasteiger charge is 2.48. The number of amides is 2. The van der Waals surface area contributed by atoms with Gasteiger partial charge in [-0.25, -0.2) is 4.39 Å². The third-order valence-corrected chi connectivity index (χ3v) is 13.6. The molecule has 0 saturated carbocycles. The van der Waals surface area contributed by atoms with Crippen LogP contribution in [0.15, 0.2) is 97.1 Å². The SMILES string of the molecule is CCC(=C(c1ccccc1)c1ccc(OCCN2CCC(CN3CC4CC(C3)N4c3cc4c(cc3F)CN(C3CCC(=O)NC3=O)C4C(=O)C=O)CC2)cc1)c1ccccc1. The number of ketones is 1. The normalized spacial score (nSPS) is 23.8. The number of nitrogens with zero attached hydrogens (tertiary/aromatic N) is 4. The molecule has 0 spiro atoms. The molecule has 4 aromatic carbocycles. The highest BCUT2D eigenvalue weighted by Crippen LogP contribution is 2.45. The Kier molecular flexibility index (Phi) is 12.0. The number of hydrogen-bond acceptors (Lipinski definition) is 9. The molecule has 4 unspecified atom stereocenters. The molecule has 5 saturated heterocycles. The summed E-state index contributed by atoms with van der Waals surface area (Å²) in [6.45, 7) is 8.73. The Balaban J connectivity index is 0.760. The lowest BCUT2D eigenvalue weighted by Crippen LogP contribution is -2.69. The average molecular weight is 824 g/mol. The van der Waals surface area contributed by atoms with Crippen LogP contribution in [-0.4, -0.2) is 103 Å². The van der Waals surface area contributed by atoms with E-state index in [2.05, 4.69) is 112 Å². The first-order chi connectivity index (χ1) is 29.8. The Labute approximate surface area is 357 Å². The third kappa shape index (κ3) is 8.43. The van der Waals surface area contributed by atoms with Gasteiger partial charge in [0, 0.05) is 51.2 Å². The van der Waals surface area contributed by atoms with Crippen LogP contribution in [0, 0.1) is 11.7 Å². The molecule has 1 N–H and O–H groups in total. The van der Waals surface area contributed by atoms with E-state index in [-0.39, 0.29) is 49.5 Å². The maximum Gasteiger partial charge on any atom is 0.243 e. The van der Waals surface area contributed by atoms with E-state index < -0.39 is 23.8 Å². The molecule has 4 aromatic rings. The number of piperazine rings is 1. The molecule has 2 bridgehead atoms. The zero-order valence-electron chi connectivity index (χ0n) is 34.8. The number of allylic oxidation sites excluding steroid dienone is 1. The second kappa shape index (κ2) is 17.8. The molecule has 0 radical (unpaired) electrons. The van der Waals surface area contributed by atoms with Gasteiger partial charge in [0.1, 0.15) is 24.2 Å². The number of halogens is 1. The third-order valence-electron chi connectivity index (χ3n) is 13.6. The largest absolute Gasteiger partial charge is 0.492 e. The van der Waals surface area contributed by atoms with Crippen molar-refractivity contribution in [3.8, 4) is 5.75 Å². The quantitative estimate of drug-likeness (QED) is 0.0647. The number of ether oxygens (including phenoxy) is 1. The maximum atomic E-state index is 15.9. The zero-order valence-corrected chi connectivity index (χ0v) is 34.8. The summed E-state index contributed by atoms with van der Waals surface area (Å²) >= 11 is 0. The number of fused-ring (bicyclic) bond motifs is 3. The van der Waals surface area contributed by atoms with Gasteiger partial charge in [-0.15, -0.1) is 0 Å². The number of aldehydes is 1. The summed E-state index contributed by atoms with van der Waals surface area (Å²) in [4.78, 5) is 58.2. The molecule has 10 nitrogen and oxygen atoms in total. The van der Waals surface area contributed by atoms with Gasteiger partial charge in [-0.1, -0.05) is 79.7 Å². The standard InChI is InChI=1S/C50H54FN5O5/c1-2-41(34-9-5-3-6-10-34)48(35-11-7-4-8-12-35)36-13-15-40(16-14-36)61-24-23-53-21-19-33(20-22-53)28-54-30-38-26-39(31-54)56(38)45-27-42-37(25-43(45)51)29-55(49(42)46(58)32-57)44-17-18-47(59)52-50(44)60/h3-16,25,27,32-33,38-39,44,49H,2,17-24,26,28-31H2,1H3,(H,52,59,60). The van der Waals surface area contributed by atoms with Gasteiger partial charge >= 0.3 is 0 Å². The van der Waals surface area contributed by atoms with Crippen molar-refractivity contribution in [1.29, 1.82) is 0 Å². The minimum atomic E-state index is -0.978. The van der Waals surface area contributed by atoms with Crippen molar-refractivity contribution in [2.75, 3.05) is 50.8 Å². The number of carbonyl (C=O) groups excluding carboxylic acids is 4. The van der Waals surface area contributed by atoms with Gasteiger partial charge in [0.05, 0.1) is 11.7 Å². The van der Waals surface area contributed by atoms with Crippen molar-refractivity contribution < 1.29 is 28.3 Å². The Morgan fingerprint density at radius 3 is 2.18 bits per heavy atom. The number of piperidine rings is 3. The summed E-state index contributed by atoms with van der Waals surface area (Å²) in [5.41, 5.74) is 7.83. The first-order valence-electron chi connectivity index (χ1n) is 22.0. The van der Waals surface area contributed by atoms with Crippen LogP contribution in [0.5, 0.6) is 5.75 Å². The van der Waals surface area contributed by atoms with E-state index in [0.717, 1.165) is 70.7 Å². The van der Waals surface area contributed by atoms with E-state index in [9.17, 15) is 19.2 Å². The molecular weight excluding hydrogens is 770 g/mol. The van der Waals surface area contributed by atoms with Crippen LogP contribution in [0.4, 0.5) is 10.1 Å². The highest BCUT2D eigenvalue weighted by molar-refractivity contribution is 6.27. The predicted octanol–water partition coefficient (Wildman–Crippen LogP) is 6.68. The average Bonchev–Trinajstić information content (AvgIpc) is 3.64. The van der Waals surface area contributed by atoms with Gasteiger partial charge in [0.25, 0.3) is 0 Å². The summed E-state index contributed by atoms with van der Waals surface area (Å²) in [5, 5.41) is 2.35. The molecule has 2 amide bonds. The lowest BCUT2D eigenvalue weighted by Gasteiger charge is -2.58. The number of imide groups is 1. The monoisotopic (exact) mass is 823 g/mol. The lowest BCUT2D eigenvalue weighted by molar-refractivity contribution is -0.141. The summed E-state index contributed by atoms with van der Waals surface area (Å²) < 4.78 is 22.1. The number of anilines is 1.